The normalized spacial score (nSPS) is 19.4. The van der Waals surface area contributed by atoms with Crippen molar-refractivity contribution in [3.05, 3.63) is 113 Å². The molecule has 0 radical (unpaired) electrons. The van der Waals surface area contributed by atoms with E-state index in [0.29, 0.717) is 47.4 Å². The van der Waals surface area contributed by atoms with Crippen LogP contribution in [-0.4, -0.2) is 29.2 Å². The van der Waals surface area contributed by atoms with Gasteiger partial charge in [0.2, 0.25) is 0 Å². The average molecular weight is 542 g/mol. The van der Waals surface area contributed by atoms with E-state index in [1.807, 2.05) is 13.0 Å². The third-order valence-corrected chi connectivity index (χ3v) is 5.52. The maximum Gasteiger partial charge on any atom is 0.146 e. The number of rotatable bonds is 11. The van der Waals surface area contributed by atoms with Crippen LogP contribution in [0.5, 0.6) is 5.75 Å². The Hall–Kier alpha value is -3.48. The highest BCUT2D eigenvalue weighted by molar-refractivity contribution is 6.20. The fourth-order valence-corrected chi connectivity index (χ4v) is 3.94. The zero-order valence-corrected chi connectivity index (χ0v) is 22.2. The molecule has 8 heteroatoms. The second kappa shape index (κ2) is 15.6. The van der Waals surface area contributed by atoms with E-state index in [0.717, 1.165) is 12.0 Å². The fourth-order valence-electron chi connectivity index (χ4n) is 3.59. The summed E-state index contributed by atoms with van der Waals surface area (Å²) >= 11 is 12.5. The van der Waals surface area contributed by atoms with E-state index < -0.39 is 0 Å². The van der Waals surface area contributed by atoms with Gasteiger partial charge in [-0.15, -0.1) is 23.2 Å². The number of nitrogens with one attached hydrogen (secondary N) is 1. The summed E-state index contributed by atoms with van der Waals surface area (Å²) in [4.78, 5) is 16.2. The minimum absolute atomic E-state index is 0.00835. The quantitative estimate of drug-likeness (QED) is 0.178. The zero-order valence-electron chi connectivity index (χ0n) is 20.6. The van der Waals surface area contributed by atoms with Crippen LogP contribution >= 0.6 is 23.2 Å². The van der Waals surface area contributed by atoms with E-state index in [2.05, 4.69) is 11.6 Å². The Bertz CT molecular complexity index is 1240. The number of hydrogen-bond donors (Lipinski definition) is 2. The standard InChI is InChI=1S/C29H30Cl2FN3O2/c1-3-5-9-22(19-32)25-17-28(34)35-27(33)12-11-21(13-14-30)29(25)26(18-31)37-24-10-6-8-20(16-24)15-23(36)7-4-2/h3,5-6,8-13,16-17,19H,1,4,7,14-15,18H2,2H3,(H3,33,34,35)/b9-5-,12-11+,21-13-,22-19?,25-17+,29-26-. The minimum Gasteiger partial charge on any atom is -0.460 e. The van der Waals surface area contributed by atoms with Gasteiger partial charge in [-0.3, -0.25) is 10.2 Å². The second-order valence-electron chi connectivity index (χ2n) is 7.93. The van der Waals surface area contributed by atoms with Gasteiger partial charge < -0.3 is 10.5 Å². The summed E-state index contributed by atoms with van der Waals surface area (Å²) in [6.07, 6.45) is 12.8. The highest BCUT2D eigenvalue weighted by Gasteiger charge is 2.21. The Morgan fingerprint density at radius 3 is 2.73 bits per heavy atom. The number of halogens is 3. The molecule has 0 atom stereocenters. The Kier molecular flexibility index (Phi) is 12.5. The third-order valence-electron chi connectivity index (χ3n) is 5.13. The first-order chi connectivity index (χ1) is 17.9. The third kappa shape index (κ3) is 9.16. The first-order valence-electron chi connectivity index (χ1n) is 11.6. The van der Waals surface area contributed by atoms with Crippen molar-refractivity contribution < 1.29 is 13.9 Å². The van der Waals surface area contributed by atoms with Crippen molar-refractivity contribution in [2.75, 3.05) is 11.8 Å². The molecule has 1 aliphatic heterocycles. The highest BCUT2D eigenvalue weighted by atomic mass is 35.5. The molecule has 1 heterocycles. The summed E-state index contributed by atoms with van der Waals surface area (Å²) in [5.41, 5.74) is 8.31. The number of carbonyl (C=O) groups excluding carboxylic acids is 1. The van der Waals surface area contributed by atoms with Gasteiger partial charge in [-0.05, 0) is 47.4 Å². The van der Waals surface area contributed by atoms with Crippen molar-refractivity contribution in [3.63, 3.8) is 0 Å². The largest absolute Gasteiger partial charge is 0.460 e. The van der Waals surface area contributed by atoms with E-state index >= 15 is 0 Å². The lowest BCUT2D eigenvalue weighted by atomic mass is 9.90. The molecular formula is C29H30Cl2FN3O2. The summed E-state index contributed by atoms with van der Waals surface area (Å²) in [6.45, 7) is 5.60. The van der Waals surface area contributed by atoms with Gasteiger partial charge in [0.15, 0.2) is 0 Å². The number of hydrogen-bond acceptors (Lipinski definition) is 4. The molecule has 1 aromatic rings. The number of alkyl halides is 2. The van der Waals surface area contributed by atoms with Crippen LogP contribution in [0.15, 0.2) is 113 Å². The van der Waals surface area contributed by atoms with Crippen LogP contribution in [0.1, 0.15) is 25.3 Å². The van der Waals surface area contributed by atoms with Gasteiger partial charge in [-0.2, -0.15) is 0 Å². The predicted molar refractivity (Wildman–Crippen MR) is 152 cm³/mol. The number of ether oxygens (including phenoxy) is 1. The molecule has 194 valence electrons. The van der Waals surface area contributed by atoms with Crippen LogP contribution in [0, 0.1) is 5.41 Å². The molecule has 0 bridgehead atoms. The van der Waals surface area contributed by atoms with Gasteiger partial charge in [0.05, 0.1) is 12.2 Å². The lowest BCUT2D eigenvalue weighted by Gasteiger charge is -2.20. The summed E-state index contributed by atoms with van der Waals surface area (Å²) in [5, 5.41) is 8.05. The first kappa shape index (κ1) is 29.7. The van der Waals surface area contributed by atoms with Gasteiger partial charge in [-0.25, -0.2) is 9.38 Å². The number of nitrogens with two attached hydrogens (primary N) is 1. The van der Waals surface area contributed by atoms with Crippen LogP contribution in [0.25, 0.3) is 0 Å². The molecule has 0 saturated carbocycles. The number of aliphatic imine (C=N–C) groups is 1. The number of carbonyl (C=O) groups is 1. The number of ketones is 1. The molecule has 37 heavy (non-hydrogen) atoms. The summed E-state index contributed by atoms with van der Waals surface area (Å²) in [7, 11) is 0. The lowest BCUT2D eigenvalue weighted by molar-refractivity contribution is -0.118. The van der Waals surface area contributed by atoms with Crippen molar-refractivity contribution >= 4 is 40.7 Å². The van der Waals surface area contributed by atoms with Gasteiger partial charge in [-0.1, -0.05) is 56.0 Å². The van der Waals surface area contributed by atoms with Crippen LogP contribution in [0.3, 0.4) is 0 Å². The molecule has 5 nitrogen and oxygen atoms in total. The minimum atomic E-state index is -0.0972. The highest BCUT2D eigenvalue weighted by Crippen LogP contribution is 2.33. The Labute approximate surface area is 227 Å². The molecule has 0 amide bonds. The number of nitrogens with zero attached hydrogens (tertiary/aromatic N) is 1. The van der Waals surface area contributed by atoms with Crippen LogP contribution < -0.4 is 10.5 Å². The van der Waals surface area contributed by atoms with E-state index in [9.17, 15) is 9.18 Å². The lowest BCUT2D eigenvalue weighted by Crippen LogP contribution is -2.13. The van der Waals surface area contributed by atoms with Crippen molar-refractivity contribution in [1.29, 1.82) is 5.41 Å². The molecule has 0 fully saturated rings. The van der Waals surface area contributed by atoms with Crippen molar-refractivity contribution in [1.82, 2.24) is 0 Å². The van der Waals surface area contributed by atoms with Gasteiger partial charge in [0.25, 0.3) is 0 Å². The average Bonchev–Trinajstić information content (AvgIpc) is 2.92. The number of Topliss-reactive ketones (excluding diaryl/α,β-unsaturated/α-hetero) is 1. The SMILES string of the molecule is C=C/C=C\C(=CF)C1=C/C(N)=NC(=N)/C=C/C(=C/CCl)C/1=C(\CCl)Oc1cccc(CC(=O)CCC)c1. The van der Waals surface area contributed by atoms with Crippen LogP contribution in [0.2, 0.25) is 0 Å². The molecule has 1 aromatic carbocycles. The zero-order chi connectivity index (χ0) is 27.2. The molecule has 3 N–H and O–H groups in total. The predicted octanol–water partition coefficient (Wildman–Crippen LogP) is 7.06. The second-order valence-corrected chi connectivity index (χ2v) is 8.51. The summed E-state index contributed by atoms with van der Waals surface area (Å²) in [6, 6.07) is 7.17. The molecule has 0 spiro atoms. The van der Waals surface area contributed by atoms with E-state index in [-0.39, 0.29) is 34.8 Å². The Morgan fingerprint density at radius 1 is 1.30 bits per heavy atom. The molecule has 2 rings (SSSR count). The van der Waals surface area contributed by atoms with E-state index in [1.54, 1.807) is 36.4 Å². The van der Waals surface area contributed by atoms with Crippen molar-refractivity contribution in [2.24, 2.45) is 10.7 Å². The maximum atomic E-state index is 14.2. The van der Waals surface area contributed by atoms with Gasteiger partial charge >= 0.3 is 0 Å². The number of benzene rings is 1. The summed E-state index contributed by atoms with van der Waals surface area (Å²) < 4.78 is 20.5. The van der Waals surface area contributed by atoms with E-state index in [4.69, 9.17) is 39.1 Å². The van der Waals surface area contributed by atoms with Crippen LogP contribution in [-0.2, 0) is 11.2 Å². The monoisotopic (exact) mass is 541 g/mol. The number of allylic oxidation sites excluding steroid dienone is 10. The smallest absolute Gasteiger partial charge is 0.146 e. The van der Waals surface area contributed by atoms with Crippen molar-refractivity contribution in [2.45, 2.75) is 26.2 Å². The van der Waals surface area contributed by atoms with Crippen LogP contribution in [0.4, 0.5) is 4.39 Å². The topological polar surface area (TPSA) is 88.5 Å². The molecule has 0 aromatic heterocycles. The Balaban J connectivity index is 2.77. The first-order valence-corrected chi connectivity index (χ1v) is 12.7. The molecule has 0 aliphatic carbocycles. The number of amidine groups is 2. The Morgan fingerprint density at radius 2 is 2.08 bits per heavy atom. The molecule has 0 unspecified atom stereocenters. The molecular weight excluding hydrogens is 512 g/mol. The fraction of sp³-hybridized carbons (Fsp3) is 0.207. The molecule has 1 aliphatic rings. The summed E-state index contributed by atoms with van der Waals surface area (Å²) in [5.74, 6) is 0.823. The van der Waals surface area contributed by atoms with E-state index in [1.165, 1.54) is 24.3 Å². The van der Waals surface area contributed by atoms with Gasteiger partial charge in [0, 0.05) is 29.9 Å². The van der Waals surface area contributed by atoms with Gasteiger partial charge in [0.1, 0.15) is 29.0 Å². The maximum absolute atomic E-state index is 14.2. The molecule has 0 saturated heterocycles. The van der Waals surface area contributed by atoms with Crippen molar-refractivity contribution in [3.8, 4) is 5.75 Å².